The average Bonchev–Trinajstić information content (AvgIpc) is 3.02. The molecule has 1 fully saturated rings. The van der Waals surface area contributed by atoms with Crippen LogP contribution in [-0.2, 0) is 16.0 Å². The molecule has 12 heteroatoms. The van der Waals surface area contributed by atoms with E-state index in [0.717, 1.165) is 24.2 Å². The Balaban J connectivity index is 1.22. The van der Waals surface area contributed by atoms with Crippen molar-refractivity contribution in [3.63, 3.8) is 0 Å². The molecule has 45 heavy (non-hydrogen) atoms. The van der Waals surface area contributed by atoms with Gasteiger partial charge in [0.15, 0.2) is 28.2 Å². The van der Waals surface area contributed by atoms with E-state index in [0.29, 0.717) is 53.6 Å². The third-order valence-electron chi connectivity index (χ3n) is 7.27. The lowest BCUT2D eigenvalue weighted by Crippen LogP contribution is -2.42. The minimum absolute atomic E-state index is 0.0203. The van der Waals surface area contributed by atoms with Crippen molar-refractivity contribution in [3.05, 3.63) is 83.8 Å². The van der Waals surface area contributed by atoms with Crippen molar-refractivity contribution in [1.82, 2.24) is 15.2 Å². The van der Waals surface area contributed by atoms with E-state index in [9.17, 15) is 9.90 Å². The summed E-state index contributed by atoms with van der Waals surface area (Å²) < 4.78 is 37.9. The highest BCUT2D eigenvalue weighted by Gasteiger charge is 2.18. The number of nitrogens with zero attached hydrogens (tertiary/aromatic N) is 2. The number of hydrogen-bond donors (Lipinski definition) is 3. The third-order valence-corrected chi connectivity index (χ3v) is 7.47. The van der Waals surface area contributed by atoms with Crippen molar-refractivity contribution in [3.8, 4) is 23.0 Å². The number of nitrogens with one attached hydrogen (secondary N) is 2. The summed E-state index contributed by atoms with van der Waals surface area (Å²) in [5.41, 5.74) is 2.79. The number of aryl methyl sites for hydroxylation is 1. The molecule has 3 aromatic carbocycles. The van der Waals surface area contributed by atoms with Crippen molar-refractivity contribution in [2.75, 3.05) is 51.9 Å². The minimum atomic E-state index is -0.698. The molecule has 1 atom stereocenters. The molecule has 5 rings (SSSR count). The maximum absolute atomic E-state index is 15.1. The van der Waals surface area contributed by atoms with E-state index >= 15 is 4.39 Å². The lowest BCUT2D eigenvalue weighted by molar-refractivity contribution is -0.119. The van der Waals surface area contributed by atoms with E-state index in [1.54, 1.807) is 30.5 Å². The first-order chi connectivity index (χ1) is 21.8. The van der Waals surface area contributed by atoms with Crippen molar-refractivity contribution in [2.24, 2.45) is 0 Å². The van der Waals surface area contributed by atoms with Crippen LogP contribution in [0.2, 0.25) is 0 Å². The van der Waals surface area contributed by atoms with Gasteiger partial charge in [-0.1, -0.05) is 24.3 Å². The van der Waals surface area contributed by atoms with Gasteiger partial charge in [0.25, 0.3) is 0 Å². The number of carbonyl (C=O) groups excluding carboxylic acids is 1. The fraction of sp³-hybridized carbons (Fsp3) is 0.303. The zero-order valence-electron chi connectivity index (χ0n) is 25.0. The Morgan fingerprint density at radius 3 is 2.64 bits per heavy atom. The van der Waals surface area contributed by atoms with Crippen LogP contribution in [0.3, 0.4) is 0 Å². The van der Waals surface area contributed by atoms with Crippen LogP contribution in [0.1, 0.15) is 11.1 Å². The summed E-state index contributed by atoms with van der Waals surface area (Å²) in [6.45, 7) is 5.31. The van der Waals surface area contributed by atoms with E-state index in [4.69, 9.17) is 31.2 Å². The molecule has 1 saturated heterocycles. The number of fused-ring (bicyclic) bond motifs is 1. The molecule has 1 unspecified atom stereocenters. The molecule has 236 valence electrons. The van der Waals surface area contributed by atoms with Gasteiger partial charge in [-0.05, 0) is 54.5 Å². The number of hydrogen-bond acceptors (Lipinski definition) is 9. The fourth-order valence-corrected chi connectivity index (χ4v) is 5.14. The molecule has 0 saturated carbocycles. The van der Waals surface area contributed by atoms with Crippen LogP contribution >= 0.6 is 12.2 Å². The molecule has 0 aliphatic carbocycles. The Bertz CT molecular complexity index is 1670. The van der Waals surface area contributed by atoms with Crippen LogP contribution in [0.5, 0.6) is 23.0 Å². The number of methoxy groups -OCH3 is 1. The Morgan fingerprint density at radius 2 is 1.89 bits per heavy atom. The summed E-state index contributed by atoms with van der Waals surface area (Å²) in [5.74, 6) is 0.250. The number of amides is 1. The van der Waals surface area contributed by atoms with Gasteiger partial charge in [-0.3, -0.25) is 14.7 Å². The second-order valence-corrected chi connectivity index (χ2v) is 11.0. The standard InChI is InChI=1S/C33H35FN4O6S/c1-21-5-3-4-6-22(21)15-32(40)37-33(45)36-23-7-8-29(26(34)16-23)44-28-9-10-35-27-18-31(30(41-2)17-25(27)28)43-20-24(39)19-38-11-13-42-14-12-38/h3-10,16-18,24,39H,11-15,19-20H2,1-2H3,(H2,36,37,40,45). The lowest BCUT2D eigenvalue weighted by atomic mass is 10.1. The first-order valence-electron chi connectivity index (χ1n) is 14.5. The van der Waals surface area contributed by atoms with E-state index in [-0.39, 0.29) is 29.8 Å². The molecular formula is C33H35FN4O6S. The Hall–Kier alpha value is -4.36. The summed E-state index contributed by atoms with van der Waals surface area (Å²) in [4.78, 5) is 19.0. The molecule has 3 N–H and O–H groups in total. The number of ether oxygens (including phenoxy) is 4. The number of pyridine rings is 1. The Morgan fingerprint density at radius 1 is 1.09 bits per heavy atom. The zero-order chi connectivity index (χ0) is 31.8. The van der Waals surface area contributed by atoms with E-state index in [2.05, 4.69) is 20.5 Å². The first-order valence-corrected chi connectivity index (χ1v) is 14.9. The second-order valence-electron chi connectivity index (χ2n) is 10.6. The molecule has 10 nitrogen and oxygen atoms in total. The van der Waals surface area contributed by atoms with Gasteiger partial charge >= 0.3 is 0 Å². The quantitative estimate of drug-likeness (QED) is 0.202. The number of aliphatic hydroxyl groups is 1. The molecular weight excluding hydrogens is 599 g/mol. The monoisotopic (exact) mass is 634 g/mol. The van der Waals surface area contributed by atoms with Crippen molar-refractivity contribution < 1.29 is 33.2 Å². The summed E-state index contributed by atoms with van der Waals surface area (Å²) in [7, 11) is 1.51. The topological polar surface area (TPSA) is 114 Å². The van der Waals surface area contributed by atoms with Crippen molar-refractivity contribution in [1.29, 1.82) is 0 Å². The van der Waals surface area contributed by atoms with Gasteiger partial charge < -0.3 is 34.7 Å². The number of rotatable bonds is 11. The maximum Gasteiger partial charge on any atom is 0.230 e. The number of morpholine rings is 1. The fourth-order valence-electron chi connectivity index (χ4n) is 4.90. The van der Waals surface area contributed by atoms with Crippen LogP contribution in [0.15, 0.2) is 66.9 Å². The highest BCUT2D eigenvalue weighted by Crippen LogP contribution is 2.38. The predicted molar refractivity (Wildman–Crippen MR) is 173 cm³/mol. The summed E-state index contributed by atoms with van der Waals surface area (Å²) in [5, 5.41) is 16.6. The molecule has 1 amide bonds. The van der Waals surface area contributed by atoms with Crippen molar-refractivity contribution >= 4 is 39.8 Å². The first kappa shape index (κ1) is 32.0. The minimum Gasteiger partial charge on any atom is -0.493 e. The average molecular weight is 635 g/mol. The number of halogens is 1. The lowest BCUT2D eigenvalue weighted by Gasteiger charge is -2.28. The molecule has 2 heterocycles. The van der Waals surface area contributed by atoms with Gasteiger partial charge in [-0.25, -0.2) is 4.39 Å². The number of β-amino-alcohol motifs (C(OH)–C–C–N with tert-alkyl or cyclic N) is 1. The Labute approximate surface area is 266 Å². The smallest absolute Gasteiger partial charge is 0.230 e. The van der Waals surface area contributed by atoms with Gasteiger partial charge in [-0.15, -0.1) is 0 Å². The predicted octanol–water partition coefficient (Wildman–Crippen LogP) is 4.61. The number of aliphatic hydroxyl groups excluding tert-OH is 1. The highest BCUT2D eigenvalue weighted by molar-refractivity contribution is 7.80. The highest BCUT2D eigenvalue weighted by atomic mass is 32.1. The van der Waals surface area contributed by atoms with Crippen molar-refractivity contribution in [2.45, 2.75) is 19.4 Å². The molecule has 1 aliphatic heterocycles. The normalized spacial score (nSPS) is 14.0. The van der Waals surface area contributed by atoms with Crippen LogP contribution in [-0.4, -0.2) is 78.7 Å². The Kier molecular flexibility index (Phi) is 10.7. The molecule has 0 bridgehead atoms. The molecule has 4 aromatic rings. The van der Waals surface area contributed by atoms with Gasteiger partial charge in [0.1, 0.15) is 18.5 Å². The van der Waals surface area contributed by atoms with Crippen LogP contribution < -0.4 is 24.8 Å². The van der Waals surface area contributed by atoms with E-state index in [1.165, 1.54) is 19.2 Å². The number of thiocarbonyl (C=S) groups is 1. The number of benzene rings is 3. The van der Waals surface area contributed by atoms with E-state index in [1.807, 2.05) is 31.2 Å². The van der Waals surface area contributed by atoms with Crippen LogP contribution in [0.25, 0.3) is 10.9 Å². The largest absolute Gasteiger partial charge is 0.493 e. The van der Waals surface area contributed by atoms with Gasteiger partial charge in [0.2, 0.25) is 5.91 Å². The molecule has 0 spiro atoms. The SMILES string of the molecule is COc1cc2c(Oc3ccc(NC(=S)NC(=O)Cc4ccccc4C)cc3F)ccnc2cc1OCC(O)CN1CCOCC1. The second kappa shape index (κ2) is 15.1. The van der Waals surface area contributed by atoms with Gasteiger partial charge in [-0.2, -0.15) is 0 Å². The molecule has 0 radical (unpaired) electrons. The van der Waals surface area contributed by atoms with Crippen LogP contribution in [0, 0.1) is 12.7 Å². The zero-order valence-corrected chi connectivity index (χ0v) is 25.9. The third kappa shape index (κ3) is 8.64. The van der Waals surface area contributed by atoms with E-state index < -0.39 is 11.9 Å². The molecule has 1 aliphatic rings. The summed E-state index contributed by atoms with van der Waals surface area (Å²) in [6.07, 6.45) is 1.02. The number of carbonyl (C=O) groups is 1. The summed E-state index contributed by atoms with van der Waals surface area (Å²) in [6, 6.07) is 16.9. The van der Waals surface area contributed by atoms with Gasteiger partial charge in [0.05, 0.1) is 32.3 Å². The summed E-state index contributed by atoms with van der Waals surface area (Å²) >= 11 is 5.25. The van der Waals surface area contributed by atoms with Crippen LogP contribution in [0.4, 0.5) is 10.1 Å². The molecule has 1 aromatic heterocycles. The maximum atomic E-state index is 15.1. The number of aromatic nitrogens is 1. The van der Waals surface area contributed by atoms with Gasteiger partial charge in [0, 0.05) is 49.0 Å². The number of anilines is 1.